The molecule has 0 aliphatic carbocycles. The molecule has 0 radical (unpaired) electrons. The van der Waals surface area contributed by atoms with Crippen LogP contribution < -0.4 is 32.0 Å². The Bertz CT molecular complexity index is 3200. The third-order valence-electron chi connectivity index (χ3n) is 16.2. The number of aliphatic carboxylic acids is 7. The van der Waals surface area contributed by atoms with Gasteiger partial charge >= 0.3 is 41.8 Å². The molecular formula is C66H100N13O26P. The summed E-state index contributed by atoms with van der Waals surface area (Å²) in [5.41, 5.74) is 3.33. The van der Waals surface area contributed by atoms with Gasteiger partial charge in [-0.1, -0.05) is 42.5 Å². The summed E-state index contributed by atoms with van der Waals surface area (Å²) in [5.74, 6) is -4.99. The lowest BCUT2D eigenvalue weighted by Crippen LogP contribution is -2.49. The Hall–Kier alpha value is -8.83. The van der Waals surface area contributed by atoms with Crippen molar-refractivity contribution in [1.29, 1.82) is 0 Å². The zero-order valence-corrected chi connectivity index (χ0v) is 60.1. The van der Waals surface area contributed by atoms with E-state index in [1.165, 1.54) is 0 Å². The molecule has 2 aromatic carbocycles. The van der Waals surface area contributed by atoms with Crippen molar-refractivity contribution >= 4 is 97.4 Å². The Balaban J connectivity index is 1.08. The molecule has 590 valence electrons. The van der Waals surface area contributed by atoms with E-state index in [1.807, 2.05) is 29.2 Å². The molecule has 1 fully saturated rings. The molecule has 2 unspecified atom stereocenters. The SMILES string of the molecule is NN=C1C(=NCCCNC(=O)CN2CCN(CC(=O)O)CCN(CC(=O)O)CCN(CC(=O)O)CC2)c2ccccc2CN(C(=O)CCNC(=O)CCOCCOCCOCCOCCOCCC(=O)N[C@H](CCC(=O)NC(CCOCN(PO)[C@@H](CCC(=O)O)C(=O)O)C(=O)O)C(=O)O)c2ccccc21. The van der Waals surface area contributed by atoms with Crippen molar-refractivity contribution < 1.29 is 127 Å². The van der Waals surface area contributed by atoms with Gasteiger partial charge in [0.05, 0.1) is 126 Å². The standard InChI is InChI=1S/C66H100N13O26P/c67-73-63-48-8-3-4-9-51(48)78(40-46-6-1-2-7-47(46)62(63)70-19-5-18-68-56(83)41-74-21-23-75(42-59(87)88)25-27-77(44-61(91)92)28-26-76(24-22-74)43-60(89)90)57(84)14-20-69-53(80)16-30-100-32-34-102-36-38-104-39-37-103-35-33-101-31-17-55(82)71-49(64(93)94)10-12-54(81)72-50(65(95)96)15-29-105-45-79(106-99)52(66(97)98)11-13-58(85)86/h1-4,6-9,49-50,52,99,106H,5,10-45,67H2,(H,68,83)(H,69,80)(H,71,82)(H,72,81)(H,85,86)(H,87,88)(H,89,90)(H,91,92)(H,93,94)(H,95,96)(H,97,98)/t49-,50?,52+/m1/s1. The van der Waals surface area contributed by atoms with E-state index in [1.54, 1.807) is 43.9 Å². The predicted octanol–water partition coefficient (Wildman–Crippen LogP) is -2.56. The molecule has 4 atom stereocenters. The van der Waals surface area contributed by atoms with Crippen molar-refractivity contribution in [2.45, 2.75) is 82.5 Å². The number of anilines is 1. The van der Waals surface area contributed by atoms with Crippen LogP contribution in [0.2, 0.25) is 0 Å². The molecule has 0 spiro atoms. The van der Waals surface area contributed by atoms with E-state index >= 15 is 0 Å². The highest BCUT2D eigenvalue weighted by molar-refractivity contribution is 7.28. The van der Waals surface area contributed by atoms with Gasteiger partial charge in [-0.3, -0.25) is 72.5 Å². The van der Waals surface area contributed by atoms with Gasteiger partial charge in [0, 0.05) is 122 Å². The lowest BCUT2D eigenvalue weighted by molar-refractivity contribution is -0.145. The second kappa shape index (κ2) is 51.4. The van der Waals surface area contributed by atoms with Crippen molar-refractivity contribution in [1.82, 2.24) is 45.5 Å². The molecule has 40 heteroatoms. The Morgan fingerprint density at radius 3 is 1.42 bits per heavy atom. The molecule has 5 amide bonds. The number of hydrogen-bond acceptors (Lipinski definition) is 27. The smallest absolute Gasteiger partial charge is 0.326 e. The molecule has 1 saturated heterocycles. The Labute approximate surface area is 613 Å². The average molecular weight is 1520 g/mol. The second-order valence-corrected chi connectivity index (χ2v) is 24.9. The lowest BCUT2D eigenvalue weighted by Gasteiger charge is -2.32. The van der Waals surface area contributed by atoms with E-state index in [0.717, 1.165) is 10.2 Å². The van der Waals surface area contributed by atoms with Gasteiger partial charge in [-0.2, -0.15) is 5.10 Å². The van der Waals surface area contributed by atoms with E-state index in [9.17, 15) is 93.1 Å². The minimum Gasteiger partial charge on any atom is -0.481 e. The summed E-state index contributed by atoms with van der Waals surface area (Å²) in [6.07, 6.45) is -1.79. The first kappa shape index (κ1) is 89.6. The molecular weight excluding hydrogens is 1420 g/mol. The minimum absolute atomic E-state index is 0.0346. The summed E-state index contributed by atoms with van der Waals surface area (Å²) < 4.78 is 33.6. The number of benzene rings is 2. The number of amides is 5. The van der Waals surface area contributed by atoms with Crippen LogP contribution in [0.4, 0.5) is 5.69 Å². The first-order valence-corrected chi connectivity index (χ1v) is 35.3. The number of fused-ring (bicyclic) bond motifs is 2. The van der Waals surface area contributed by atoms with E-state index in [-0.39, 0.29) is 234 Å². The summed E-state index contributed by atoms with van der Waals surface area (Å²) in [7, 11) is -1.07. The van der Waals surface area contributed by atoms with E-state index in [0.29, 0.717) is 34.7 Å². The quantitative estimate of drug-likeness (QED) is 0.0107. The van der Waals surface area contributed by atoms with Gasteiger partial charge in [-0.25, -0.2) is 14.3 Å². The Morgan fingerprint density at radius 2 is 0.934 bits per heavy atom. The third-order valence-corrected chi connectivity index (χ3v) is 16.9. The van der Waals surface area contributed by atoms with Crippen molar-refractivity contribution in [3.63, 3.8) is 0 Å². The maximum Gasteiger partial charge on any atom is 0.326 e. The van der Waals surface area contributed by atoms with E-state index in [2.05, 4.69) is 26.4 Å². The maximum atomic E-state index is 14.1. The van der Waals surface area contributed by atoms with Crippen LogP contribution in [-0.4, -0.2) is 343 Å². The molecule has 2 aliphatic heterocycles. The van der Waals surface area contributed by atoms with Crippen LogP contribution in [0.25, 0.3) is 0 Å². The summed E-state index contributed by atoms with van der Waals surface area (Å²) in [6, 6.07) is 10.2. The van der Waals surface area contributed by atoms with Gasteiger partial charge in [0.25, 0.3) is 0 Å². The number of para-hydroxylation sites is 1. The van der Waals surface area contributed by atoms with Crippen LogP contribution >= 0.6 is 8.96 Å². The van der Waals surface area contributed by atoms with E-state index < -0.39 is 100 Å². The average Bonchev–Trinajstić information content (AvgIpc) is 0.771. The topological polar surface area (TPSA) is 540 Å². The van der Waals surface area contributed by atoms with Crippen molar-refractivity contribution in [2.75, 3.05) is 182 Å². The molecule has 106 heavy (non-hydrogen) atoms. The zero-order valence-electron chi connectivity index (χ0n) is 59.1. The fraction of sp³-hybridized carbons (Fsp3) is 0.606. The van der Waals surface area contributed by atoms with Crippen LogP contribution in [0.1, 0.15) is 74.5 Å². The van der Waals surface area contributed by atoms with Gasteiger partial charge in [-0.15, -0.1) is 0 Å². The van der Waals surface area contributed by atoms with Crippen LogP contribution in [0.3, 0.4) is 0 Å². The molecule has 4 rings (SSSR count). The largest absolute Gasteiger partial charge is 0.481 e. The van der Waals surface area contributed by atoms with Crippen LogP contribution in [0.15, 0.2) is 58.6 Å². The van der Waals surface area contributed by atoms with Crippen LogP contribution in [0.5, 0.6) is 0 Å². The summed E-state index contributed by atoms with van der Waals surface area (Å²) in [5, 5.41) is 80.5. The summed E-state index contributed by atoms with van der Waals surface area (Å²) >= 11 is 0. The number of nitrogens with zero attached hydrogens (tertiary/aromatic N) is 8. The number of hydrazone groups is 1. The highest BCUT2D eigenvalue weighted by Crippen LogP contribution is 2.30. The van der Waals surface area contributed by atoms with Gasteiger partial charge in [-0.05, 0) is 30.9 Å². The van der Waals surface area contributed by atoms with Gasteiger partial charge in [0.1, 0.15) is 30.6 Å². The highest BCUT2D eigenvalue weighted by atomic mass is 31.1. The number of rotatable bonds is 51. The second-order valence-electron chi connectivity index (χ2n) is 24.2. The predicted molar refractivity (Wildman–Crippen MR) is 378 cm³/mol. The molecule has 39 nitrogen and oxygen atoms in total. The monoisotopic (exact) mass is 1520 g/mol. The first-order chi connectivity index (χ1) is 50.9. The summed E-state index contributed by atoms with van der Waals surface area (Å²) in [6.45, 7) is 2.77. The number of hydrogen-bond donors (Lipinski definition) is 13. The van der Waals surface area contributed by atoms with Crippen LogP contribution in [-0.2, 0) is 92.5 Å². The minimum atomic E-state index is -1.49. The Kier molecular flexibility index (Phi) is 43.4. The van der Waals surface area contributed by atoms with E-state index in [4.69, 9.17) is 44.4 Å². The summed E-state index contributed by atoms with van der Waals surface area (Å²) in [4.78, 5) is 169. The maximum absolute atomic E-state index is 14.1. The van der Waals surface area contributed by atoms with Gasteiger partial charge < -0.3 is 101 Å². The fourth-order valence-electron chi connectivity index (χ4n) is 10.8. The lowest BCUT2D eigenvalue weighted by atomic mass is 9.91. The Morgan fingerprint density at radius 1 is 0.472 bits per heavy atom. The van der Waals surface area contributed by atoms with Crippen molar-refractivity contribution in [2.24, 2.45) is 15.9 Å². The number of carbonyl (C=O) groups excluding carboxylic acids is 5. The molecule has 2 heterocycles. The number of carboxylic acid groups (broad SMARTS) is 7. The number of carbonyl (C=O) groups is 12. The zero-order chi connectivity index (χ0) is 77.6. The number of nitrogens with one attached hydrogen (secondary N) is 4. The number of aliphatic imine (C=N–C) groups is 1. The van der Waals surface area contributed by atoms with Gasteiger partial charge in [0.15, 0.2) is 0 Å². The van der Waals surface area contributed by atoms with Gasteiger partial charge in [0.2, 0.25) is 29.5 Å². The third kappa shape index (κ3) is 36.4. The van der Waals surface area contributed by atoms with Crippen molar-refractivity contribution in [3.05, 3.63) is 65.2 Å². The molecule has 0 saturated carbocycles. The molecule has 0 aromatic heterocycles. The first-order valence-electron chi connectivity index (χ1n) is 34.4. The number of ether oxygens (including phenoxy) is 6. The molecule has 2 aromatic rings. The van der Waals surface area contributed by atoms with Crippen LogP contribution in [0, 0.1) is 0 Å². The highest BCUT2D eigenvalue weighted by Gasteiger charge is 2.31. The number of nitrogens with two attached hydrogens (primary N) is 1. The van der Waals surface area contributed by atoms with Crippen molar-refractivity contribution in [3.8, 4) is 0 Å². The molecule has 2 aliphatic rings. The number of carboxylic acids is 7. The molecule has 0 bridgehead atoms. The molecule has 14 N–H and O–H groups in total. The normalized spacial score (nSPS) is 16.0. The fourth-order valence-corrected chi connectivity index (χ4v) is 11.3.